The number of hydrogen-bond acceptors (Lipinski definition) is 2. The Balaban J connectivity index is 2.33. The number of nitrogens with zero attached hydrogens (tertiary/aromatic N) is 2. The number of halogens is 5. The van der Waals surface area contributed by atoms with Gasteiger partial charge in [0.05, 0.1) is 23.6 Å². The second-order valence-electron chi connectivity index (χ2n) is 4.86. The first-order valence-corrected chi connectivity index (χ1v) is 6.84. The molecule has 0 aliphatic rings. The average molecular weight is 350 g/mol. The topological polar surface area (TPSA) is 46.9 Å². The number of anilines is 1. The summed E-state index contributed by atoms with van der Waals surface area (Å²) in [5, 5.41) is 5.99. The minimum Gasteiger partial charge on any atom is -0.315 e. The molecule has 2 aromatic rings. The highest BCUT2D eigenvalue weighted by molar-refractivity contribution is 6.31. The number of aryl methyl sites for hydroxylation is 1. The van der Waals surface area contributed by atoms with E-state index in [-0.39, 0.29) is 34.2 Å². The monoisotopic (exact) mass is 349 g/mol. The molecular formula is C14H12ClF4N3O. The predicted octanol–water partition coefficient (Wildman–Crippen LogP) is 3.84. The summed E-state index contributed by atoms with van der Waals surface area (Å²) < 4.78 is 52.1. The molecule has 124 valence electrons. The van der Waals surface area contributed by atoms with Crippen LogP contribution in [-0.2, 0) is 11.3 Å². The van der Waals surface area contributed by atoms with Crippen LogP contribution in [0.5, 0.6) is 0 Å². The van der Waals surface area contributed by atoms with Crippen molar-refractivity contribution in [3.8, 4) is 0 Å². The van der Waals surface area contributed by atoms with Crippen LogP contribution in [0.4, 0.5) is 23.2 Å². The largest absolute Gasteiger partial charge is 0.471 e. The van der Waals surface area contributed by atoms with E-state index < -0.39 is 17.9 Å². The molecule has 1 heterocycles. The summed E-state index contributed by atoms with van der Waals surface area (Å²) in [4.78, 5) is 11.1. The van der Waals surface area contributed by atoms with Crippen molar-refractivity contribution in [3.63, 3.8) is 0 Å². The lowest BCUT2D eigenvalue weighted by Crippen LogP contribution is -2.30. The zero-order valence-electron chi connectivity index (χ0n) is 12.1. The molecule has 0 atom stereocenters. The Hall–Kier alpha value is -2.09. The Kier molecular flexibility index (Phi) is 4.65. The minimum atomic E-state index is -5.00. The van der Waals surface area contributed by atoms with Gasteiger partial charge in [0.25, 0.3) is 0 Å². The normalized spacial score (nSPS) is 11.6. The van der Waals surface area contributed by atoms with Gasteiger partial charge in [0.15, 0.2) is 0 Å². The summed E-state index contributed by atoms with van der Waals surface area (Å²) in [6, 6.07) is 4.16. The molecule has 1 N–H and O–H groups in total. The van der Waals surface area contributed by atoms with E-state index in [1.54, 1.807) is 5.32 Å². The number of aromatic nitrogens is 2. The van der Waals surface area contributed by atoms with Crippen LogP contribution in [0, 0.1) is 19.7 Å². The molecule has 1 aromatic carbocycles. The number of amides is 1. The van der Waals surface area contributed by atoms with Gasteiger partial charge in [-0.15, -0.1) is 0 Å². The molecule has 0 aliphatic carbocycles. The van der Waals surface area contributed by atoms with Crippen LogP contribution in [-0.4, -0.2) is 21.9 Å². The standard InChI is InChI=1S/C14H12ClF4N3O/c1-7-12(20-13(23)14(17,18)19)8(2)22(21-7)6-9-10(15)4-3-5-11(9)16/h3-5H,6H2,1-2H3,(H,20,23). The summed E-state index contributed by atoms with van der Waals surface area (Å²) in [6.45, 7) is 2.85. The lowest BCUT2D eigenvalue weighted by atomic mass is 10.2. The van der Waals surface area contributed by atoms with Gasteiger partial charge in [0, 0.05) is 10.6 Å². The number of carbonyl (C=O) groups excluding carboxylic acids is 1. The molecule has 0 fully saturated rings. The highest BCUT2D eigenvalue weighted by atomic mass is 35.5. The SMILES string of the molecule is Cc1nn(Cc2c(F)cccc2Cl)c(C)c1NC(=O)C(F)(F)F. The zero-order valence-corrected chi connectivity index (χ0v) is 12.9. The summed E-state index contributed by atoms with van der Waals surface area (Å²) in [5.41, 5.74) is 0.556. The third-order valence-electron chi connectivity index (χ3n) is 3.25. The molecule has 0 saturated carbocycles. The molecule has 0 spiro atoms. The Labute approximate surface area is 134 Å². The number of hydrogen-bond donors (Lipinski definition) is 1. The summed E-state index contributed by atoms with van der Waals surface area (Å²) in [5.74, 6) is -2.64. The van der Waals surface area contributed by atoms with Gasteiger partial charge in [0.2, 0.25) is 0 Å². The van der Waals surface area contributed by atoms with Crippen LogP contribution in [0.3, 0.4) is 0 Å². The highest BCUT2D eigenvalue weighted by Crippen LogP contribution is 2.26. The molecule has 4 nitrogen and oxygen atoms in total. The maximum atomic E-state index is 13.8. The fourth-order valence-corrected chi connectivity index (χ4v) is 2.27. The average Bonchev–Trinajstić information content (AvgIpc) is 2.69. The molecule has 23 heavy (non-hydrogen) atoms. The zero-order chi connectivity index (χ0) is 17.4. The van der Waals surface area contributed by atoms with Gasteiger partial charge >= 0.3 is 12.1 Å². The molecule has 0 bridgehead atoms. The Morgan fingerprint density at radius 2 is 2.00 bits per heavy atom. The second kappa shape index (κ2) is 6.19. The maximum absolute atomic E-state index is 13.8. The molecular weight excluding hydrogens is 338 g/mol. The van der Waals surface area contributed by atoms with Crippen LogP contribution in [0.15, 0.2) is 18.2 Å². The maximum Gasteiger partial charge on any atom is 0.471 e. The molecule has 2 rings (SSSR count). The second-order valence-corrected chi connectivity index (χ2v) is 5.26. The smallest absolute Gasteiger partial charge is 0.315 e. The summed E-state index contributed by atoms with van der Waals surface area (Å²) >= 11 is 5.92. The molecule has 0 aliphatic heterocycles. The molecule has 1 aromatic heterocycles. The van der Waals surface area contributed by atoms with Crippen LogP contribution in [0.1, 0.15) is 17.0 Å². The molecule has 9 heteroatoms. The van der Waals surface area contributed by atoms with E-state index in [4.69, 9.17) is 11.6 Å². The van der Waals surface area contributed by atoms with Gasteiger partial charge in [-0.2, -0.15) is 18.3 Å². The van der Waals surface area contributed by atoms with Crippen molar-refractivity contribution in [3.05, 3.63) is 46.0 Å². The third kappa shape index (κ3) is 3.64. The summed E-state index contributed by atoms with van der Waals surface area (Å²) in [7, 11) is 0. The van der Waals surface area contributed by atoms with Crippen LogP contribution < -0.4 is 5.32 Å². The fourth-order valence-electron chi connectivity index (χ4n) is 2.05. The van der Waals surface area contributed by atoms with Crippen LogP contribution in [0.2, 0.25) is 5.02 Å². The van der Waals surface area contributed by atoms with Crippen molar-refractivity contribution >= 4 is 23.2 Å². The van der Waals surface area contributed by atoms with Crippen molar-refractivity contribution in [2.45, 2.75) is 26.6 Å². The molecule has 1 amide bonds. The Bertz CT molecular complexity index is 735. The molecule has 0 saturated heterocycles. The van der Waals surface area contributed by atoms with Gasteiger partial charge in [-0.3, -0.25) is 9.48 Å². The quantitative estimate of drug-likeness (QED) is 0.856. The number of carbonyl (C=O) groups is 1. The van der Waals surface area contributed by atoms with Crippen molar-refractivity contribution in [1.29, 1.82) is 0 Å². The van der Waals surface area contributed by atoms with Gasteiger partial charge in [-0.1, -0.05) is 17.7 Å². The van der Waals surface area contributed by atoms with Crippen LogP contribution in [0.25, 0.3) is 0 Å². The van der Waals surface area contributed by atoms with E-state index in [1.807, 2.05) is 0 Å². The third-order valence-corrected chi connectivity index (χ3v) is 3.60. The highest BCUT2D eigenvalue weighted by Gasteiger charge is 2.39. The summed E-state index contributed by atoms with van der Waals surface area (Å²) in [6.07, 6.45) is -5.00. The number of benzene rings is 1. The first-order valence-electron chi connectivity index (χ1n) is 6.46. The first kappa shape index (κ1) is 17.3. The minimum absolute atomic E-state index is 0.0558. The van der Waals surface area contributed by atoms with E-state index >= 15 is 0 Å². The van der Waals surface area contributed by atoms with Crippen molar-refractivity contribution in [2.75, 3.05) is 5.32 Å². The molecule has 0 unspecified atom stereocenters. The Morgan fingerprint density at radius 1 is 1.35 bits per heavy atom. The lowest BCUT2D eigenvalue weighted by molar-refractivity contribution is -0.167. The number of alkyl halides is 3. The van der Waals surface area contributed by atoms with E-state index in [9.17, 15) is 22.4 Å². The van der Waals surface area contributed by atoms with Gasteiger partial charge in [0.1, 0.15) is 5.82 Å². The van der Waals surface area contributed by atoms with E-state index in [0.29, 0.717) is 0 Å². The first-order chi connectivity index (χ1) is 10.6. The number of nitrogens with one attached hydrogen (secondary N) is 1. The van der Waals surface area contributed by atoms with Crippen molar-refractivity contribution < 1.29 is 22.4 Å². The van der Waals surface area contributed by atoms with E-state index in [1.165, 1.54) is 36.7 Å². The van der Waals surface area contributed by atoms with Gasteiger partial charge in [-0.05, 0) is 26.0 Å². The Morgan fingerprint density at radius 3 is 2.57 bits per heavy atom. The fraction of sp³-hybridized carbons (Fsp3) is 0.286. The van der Waals surface area contributed by atoms with E-state index in [0.717, 1.165) is 0 Å². The lowest BCUT2D eigenvalue weighted by Gasteiger charge is -2.10. The number of rotatable bonds is 3. The van der Waals surface area contributed by atoms with Gasteiger partial charge in [-0.25, -0.2) is 4.39 Å². The van der Waals surface area contributed by atoms with Crippen LogP contribution >= 0.6 is 11.6 Å². The van der Waals surface area contributed by atoms with E-state index in [2.05, 4.69) is 5.10 Å². The predicted molar refractivity (Wildman–Crippen MR) is 76.9 cm³/mol. The van der Waals surface area contributed by atoms with Crippen molar-refractivity contribution in [2.24, 2.45) is 0 Å². The van der Waals surface area contributed by atoms with Crippen molar-refractivity contribution in [1.82, 2.24) is 9.78 Å². The van der Waals surface area contributed by atoms with Gasteiger partial charge < -0.3 is 5.32 Å². The molecule has 0 radical (unpaired) electrons.